The largest absolute Gasteiger partial charge is 0.497 e. The maximum atomic E-state index is 12.4. The predicted molar refractivity (Wildman–Crippen MR) is 90.1 cm³/mol. The Balaban J connectivity index is 1.70. The molecule has 1 N–H and O–H groups in total. The summed E-state index contributed by atoms with van der Waals surface area (Å²) in [6, 6.07) is 7.68. The van der Waals surface area contributed by atoms with Crippen LogP contribution in [0, 0.1) is 6.92 Å². The van der Waals surface area contributed by atoms with Crippen molar-refractivity contribution < 1.29 is 14.3 Å². The standard InChI is InChI=1S/C17H20N2O3S/c1-11-15(16(20)18-10-14-4-3-9-22-14)23-17(19-11)12-5-7-13(21-2)8-6-12/h5-8,14H,3-4,9-10H2,1-2H3,(H,18,20)/t14-/m1/s1. The van der Waals surface area contributed by atoms with E-state index in [1.165, 1.54) is 11.3 Å². The molecular formula is C17H20N2O3S. The molecule has 1 aliphatic rings. The number of hydrogen-bond donors (Lipinski definition) is 1. The minimum absolute atomic E-state index is 0.0738. The van der Waals surface area contributed by atoms with E-state index in [0.717, 1.165) is 41.5 Å². The Bertz CT molecular complexity index is 676. The van der Waals surface area contributed by atoms with Crippen LogP contribution in [0.1, 0.15) is 28.2 Å². The van der Waals surface area contributed by atoms with Crippen LogP contribution in [0.25, 0.3) is 10.6 Å². The molecule has 1 atom stereocenters. The van der Waals surface area contributed by atoms with Gasteiger partial charge in [0.25, 0.3) is 5.91 Å². The molecule has 5 nitrogen and oxygen atoms in total. The summed E-state index contributed by atoms with van der Waals surface area (Å²) < 4.78 is 10.7. The lowest BCUT2D eigenvalue weighted by atomic mass is 10.2. The van der Waals surface area contributed by atoms with Crippen LogP contribution in [0.2, 0.25) is 0 Å². The van der Waals surface area contributed by atoms with E-state index in [2.05, 4.69) is 10.3 Å². The van der Waals surface area contributed by atoms with E-state index in [9.17, 15) is 4.79 Å². The Labute approximate surface area is 139 Å². The Morgan fingerprint density at radius 1 is 1.43 bits per heavy atom. The van der Waals surface area contributed by atoms with Crippen molar-refractivity contribution in [2.45, 2.75) is 25.9 Å². The first-order chi connectivity index (χ1) is 11.2. The van der Waals surface area contributed by atoms with E-state index in [4.69, 9.17) is 9.47 Å². The first-order valence-electron chi connectivity index (χ1n) is 7.69. The molecule has 2 aromatic rings. The fourth-order valence-electron chi connectivity index (χ4n) is 2.56. The second-order valence-corrected chi connectivity index (χ2v) is 6.51. The highest BCUT2D eigenvalue weighted by Crippen LogP contribution is 2.29. The summed E-state index contributed by atoms with van der Waals surface area (Å²) in [6.07, 6.45) is 2.23. The van der Waals surface area contributed by atoms with Crippen molar-refractivity contribution in [3.05, 3.63) is 34.8 Å². The van der Waals surface area contributed by atoms with Crippen molar-refractivity contribution in [1.82, 2.24) is 10.3 Å². The quantitative estimate of drug-likeness (QED) is 0.914. The van der Waals surface area contributed by atoms with Crippen molar-refractivity contribution in [2.24, 2.45) is 0 Å². The Morgan fingerprint density at radius 3 is 2.87 bits per heavy atom. The van der Waals surface area contributed by atoms with E-state index in [0.29, 0.717) is 11.4 Å². The van der Waals surface area contributed by atoms with Gasteiger partial charge in [0.05, 0.1) is 18.9 Å². The third-order valence-electron chi connectivity index (χ3n) is 3.85. The van der Waals surface area contributed by atoms with Crippen LogP contribution in [0.15, 0.2) is 24.3 Å². The summed E-state index contributed by atoms with van der Waals surface area (Å²) >= 11 is 1.41. The van der Waals surface area contributed by atoms with Crippen LogP contribution in [0.3, 0.4) is 0 Å². The number of carbonyl (C=O) groups excluding carboxylic acids is 1. The zero-order valence-corrected chi connectivity index (χ0v) is 14.1. The Kier molecular flexibility index (Phi) is 4.93. The molecule has 3 rings (SSSR count). The molecule has 1 amide bonds. The summed E-state index contributed by atoms with van der Waals surface area (Å²) in [5.74, 6) is 0.729. The normalized spacial score (nSPS) is 17.2. The van der Waals surface area contributed by atoms with Gasteiger partial charge in [-0.3, -0.25) is 4.79 Å². The number of rotatable bonds is 5. The first kappa shape index (κ1) is 16.0. The monoisotopic (exact) mass is 332 g/mol. The molecule has 1 saturated heterocycles. The van der Waals surface area contributed by atoms with Crippen molar-refractivity contribution in [1.29, 1.82) is 0 Å². The molecular weight excluding hydrogens is 312 g/mol. The summed E-state index contributed by atoms with van der Waals surface area (Å²) in [5.41, 5.74) is 1.74. The number of ether oxygens (including phenoxy) is 2. The second kappa shape index (κ2) is 7.10. The maximum absolute atomic E-state index is 12.4. The lowest BCUT2D eigenvalue weighted by molar-refractivity contribution is 0.0860. The number of amides is 1. The van der Waals surface area contributed by atoms with Gasteiger partial charge in [-0.05, 0) is 44.0 Å². The molecule has 0 bridgehead atoms. The molecule has 0 unspecified atom stereocenters. The molecule has 23 heavy (non-hydrogen) atoms. The summed E-state index contributed by atoms with van der Waals surface area (Å²) in [7, 11) is 1.64. The summed E-state index contributed by atoms with van der Waals surface area (Å²) in [6.45, 7) is 3.22. The van der Waals surface area contributed by atoms with Crippen LogP contribution in [0.4, 0.5) is 0 Å². The highest BCUT2D eigenvalue weighted by atomic mass is 32.1. The Hall–Kier alpha value is -1.92. The zero-order valence-electron chi connectivity index (χ0n) is 13.3. The zero-order chi connectivity index (χ0) is 16.2. The first-order valence-corrected chi connectivity index (χ1v) is 8.50. The van der Waals surface area contributed by atoms with Gasteiger partial charge in [0.15, 0.2) is 0 Å². The second-order valence-electron chi connectivity index (χ2n) is 5.51. The number of nitrogens with zero attached hydrogens (tertiary/aromatic N) is 1. The molecule has 122 valence electrons. The molecule has 0 aliphatic carbocycles. The number of hydrogen-bond acceptors (Lipinski definition) is 5. The molecule has 1 fully saturated rings. The van der Waals surface area contributed by atoms with Gasteiger partial charge in [0.2, 0.25) is 0 Å². The van der Waals surface area contributed by atoms with Crippen molar-refractivity contribution in [3.63, 3.8) is 0 Å². The van der Waals surface area contributed by atoms with Gasteiger partial charge < -0.3 is 14.8 Å². The number of thiazole rings is 1. The average molecular weight is 332 g/mol. The molecule has 0 saturated carbocycles. The van der Waals surface area contributed by atoms with Gasteiger partial charge in [0, 0.05) is 18.7 Å². The van der Waals surface area contributed by atoms with Gasteiger partial charge in [-0.1, -0.05) is 0 Å². The minimum atomic E-state index is -0.0738. The maximum Gasteiger partial charge on any atom is 0.263 e. The molecule has 6 heteroatoms. The molecule has 1 aromatic heterocycles. The highest BCUT2D eigenvalue weighted by molar-refractivity contribution is 7.17. The predicted octanol–water partition coefficient (Wildman–Crippen LogP) is 3.04. The van der Waals surface area contributed by atoms with Crippen molar-refractivity contribution >= 4 is 17.2 Å². The summed E-state index contributed by atoms with van der Waals surface area (Å²) in [4.78, 5) is 17.5. The van der Waals surface area contributed by atoms with Gasteiger partial charge in [-0.15, -0.1) is 11.3 Å². The van der Waals surface area contributed by atoms with E-state index in [1.807, 2.05) is 31.2 Å². The fraction of sp³-hybridized carbons (Fsp3) is 0.412. The number of benzene rings is 1. The number of aromatic nitrogens is 1. The van der Waals surface area contributed by atoms with Crippen molar-refractivity contribution in [3.8, 4) is 16.3 Å². The van der Waals surface area contributed by atoms with E-state index >= 15 is 0 Å². The lowest BCUT2D eigenvalue weighted by Gasteiger charge is -2.09. The van der Waals surface area contributed by atoms with Gasteiger partial charge >= 0.3 is 0 Å². The van der Waals surface area contributed by atoms with Crippen LogP contribution in [-0.2, 0) is 4.74 Å². The molecule has 2 heterocycles. The van der Waals surface area contributed by atoms with Gasteiger partial charge in [-0.2, -0.15) is 0 Å². The Morgan fingerprint density at radius 2 is 2.22 bits per heavy atom. The van der Waals surface area contributed by atoms with Crippen LogP contribution >= 0.6 is 11.3 Å². The third-order valence-corrected chi connectivity index (χ3v) is 5.06. The third kappa shape index (κ3) is 3.71. The fourth-order valence-corrected chi connectivity index (χ4v) is 3.54. The molecule has 1 aromatic carbocycles. The molecule has 0 spiro atoms. The summed E-state index contributed by atoms with van der Waals surface area (Å²) in [5, 5.41) is 3.79. The highest BCUT2D eigenvalue weighted by Gasteiger charge is 2.20. The van der Waals surface area contributed by atoms with E-state index in [-0.39, 0.29) is 12.0 Å². The number of methoxy groups -OCH3 is 1. The van der Waals surface area contributed by atoms with Gasteiger partial charge in [-0.25, -0.2) is 4.98 Å². The van der Waals surface area contributed by atoms with Crippen LogP contribution < -0.4 is 10.1 Å². The number of carbonyl (C=O) groups is 1. The smallest absolute Gasteiger partial charge is 0.263 e. The SMILES string of the molecule is COc1ccc(-c2nc(C)c(C(=O)NC[C@H]3CCCO3)s2)cc1. The topological polar surface area (TPSA) is 60.5 Å². The van der Waals surface area contributed by atoms with Crippen LogP contribution in [0.5, 0.6) is 5.75 Å². The van der Waals surface area contributed by atoms with E-state index < -0.39 is 0 Å². The molecule has 0 radical (unpaired) electrons. The average Bonchev–Trinajstić information content (AvgIpc) is 3.22. The van der Waals surface area contributed by atoms with E-state index in [1.54, 1.807) is 7.11 Å². The molecule has 1 aliphatic heterocycles. The van der Waals surface area contributed by atoms with Gasteiger partial charge in [0.1, 0.15) is 15.6 Å². The van der Waals surface area contributed by atoms with Crippen LogP contribution in [-0.4, -0.2) is 37.3 Å². The number of aryl methyl sites for hydroxylation is 1. The van der Waals surface area contributed by atoms with Crippen molar-refractivity contribution in [2.75, 3.05) is 20.3 Å². The number of nitrogens with one attached hydrogen (secondary N) is 1. The lowest BCUT2D eigenvalue weighted by Crippen LogP contribution is -2.31. The minimum Gasteiger partial charge on any atom is -0.497 e.